The van der Waals surface area contributed by atoms with Crippen molar-refractivity contribution in [3.8, 4) is 11.6 Å². The summed E-state index contributed by atoms with van der Waals surface area (Å²) in [5, 5.41) is 2.88. The highest BCUT2D eigenvalue weighted by molar-refractivity contribution is 9.10. The van der Waals surface area contributed by atoms with Crippen LogP contribution in [0.15, 0.2) is 28.9 Å². The van der Waals surface area contributed by atoms with Crippen molar-refractivity contribution in [1.29, 1.82) is 0 Å². The third-order valence-electron chi connectivity index (χ3n) is 2.35. The molecule has 0 unspecified atom stereocenters. The van der Waals surface area contributed by atoms with Gasteiger partial charge in [-0.1, -0.05) is 6.07 Å². The number of rotatable bonds is 3. The van der Waals surface area contributed by atoms with E-state index in [1.54, 1.807) is 13.2 Å². The normalized spacial score (nSPS) is 10.2. The average molecular weight is 308 g/mol. The second kappa shape index (κ2) is 5.35. The minimum absolute atomic E-state index is 0.499. The fourth-order valence-electron chi connectivity index (χ4n) is 1.65. The van der Waals surface area contributed by atoms with Crippen LogP contribution in [0.25, 0.3) is 0 Å². The van der Waals surface area contributed by atoms with Gasteiger partial charge in [0.2, 0.25) is 11.8 Å². The highest BCUT2D eigenvalue weighted by Gasteiger charge is 2.07. The van der Waals surface area contributed by atoms with E-state index in [0.717, 1.165) is 21.3 Å². The van der Waals surface area contributed by atoms with Crippen LogP contribution >= 0.6 is 15.9 Å². The van der Waals surface area contributed by atoms with E-state index in [9.17, 15) is 0 Å². The Bertz CT molecular complexity index is 552. The van der Waals surface area contributed by atoms with Gasteiger partial charge in [0, 0.05) is 7.05 Å². The minimum atomic E-state index is 0.499. The second-order valence-corrected chi connectivity index (χ2v) is 4.88. The Balaban J connectivity index is 2.33. The van der Waals surface area contributed by atoms with Gasteiger partial charge in [0.15, 0.2) is 0 Å². The van der Waals surface area contributed by atoms with Gasteiger partial charge in [-0.3, -0.25) is 0 Å². The third-order valence-corrected chi connectivity index (χ3v) is 2.89. The molecule has 0 saturated carbocycles. The van der Waals surface area contributed by atoms with Crippen molar-refractivity contribution in [3.63, 3.8) is 0 Å². The highest BCUT2D eigenvalue weighted by atomic mass is 79.9. The lowest BCUT2D eigenvalue weighted by atomic mass is 10.1. The molecule has 1 heterocycles. The standard InChI is InChI=1S/C13H14BrN3O/c1-8-4-9(2)6-10(5-8)18-12-11(14)7-16-13(15-3)17-12/h4-7H,1-3H3,(H,15,16,17). The van der Waals surface area contributed by atoms with Crippen LogP contribution in [0.5, 0.6) is 11.6 Å². The van der Waals surface area contributed by atoms with Gasteiger partial charge in [-0.25, -0.2) is 4.98 Å². The Morgan fingerprint density at radius 2 is 1.83 bits per heavy atom. The van der Waals surface area contributed by atoms with Crippen molar-refractivity contribution >= 4 is 21.9 Å². The number of nitrogens with zero attached hydrogens (tertiary/aromatic N) is 2. The number of nitrogens with one attached hydrogen (secondary N) is 1. The van der Waals surface area contributed by atoms with Gasteiger partial charge < -0.3 is 10.1 Å². The first kappa shape index (κ1) is 12.8. The number of anilines is 1. The minimum Gasteiger partial charge on any atom is -0.438 e. The van der Waals surface area contributed by atoms with Crippen LogP contribution in [-0.4, -0.2) is 17.0 Å². The molecule has 0 atom stereocenters. The maximum atomic E-state index is 5.78. The van der Waals surface area contributed by atoms with E-state index < -0.39 is 0 Å². The van der Waals surface area contributed by atoms with Crippen molar-refractivity contribution in [1.82, 2.24) is 9.97 Å². The highest BCUT2D eigenvalue weighted by Crippen LogP contribution is 2.28. The predicted molar refractivity (Wildman–Crippen MR) is 75.3 cm³/mol. The average Bonchev–Trinajstić information content (AvgIpc) is 2.30. The molecule has 18 heavy (non-hydrogen) atoms. The van der Waals surface area contributed by atoms with Gasteiger partial charge in [-0.05, 0) is 53.0 Å². The summed E-state index contributed by atoms with van der Waals surface area (Å²) < 4.78 is 6.50. The summed E-state index contributed by atoms with van der Waals surface area (Å²) in [5.74, 6) is 1.80. The van der Waals surface area contributed by atoms with Gasteiger partial charge in [-0.2, -0.15) is 4.98 Å². The number of ether oxygens (including phenoxy) is 1. The maximum absolute atomic E-state index is 5.78. The lowest BCUT2D eigenvalue weighted by Crippen LogP contribution is -1.98. The van der Waals surface area contributed by atoms with Crippen molar-refractivity contribution in [2.75, 3.05) is 12.4 Å². The Kier molecular flexibility index (Phi) is 3.81. The number of halogens is 1. The first-order chi connectivity index (χ1) is 8.58. The van der Waals surface area contributed by atoms with E-state index in [1.807, 2.05) is 26.0 Å². The summed E-state index contributed by atoms with van der Waals surface area (Å²) in [7, 11) is 1.77. The molecule has 1 aromatic heterocycles. The summed E-state index contributed by atoms with van der Waals surface area (Å²) in [6, 6.07) is 6.04. The molecule has 2 rings (SSSR count). The summed E-state index contributed by atoms with van der Waals surface area (Å²) in [6.45, 7) is 4.07. The van der Waals surface area contributed by atoms with Crippen molar-refractivity contribution in [2.45, 2.75) is 13.8 Å². The van der Waals surface area contributed by atoms with E-state index in [1.165, 1.54) is 0 Å². The number of hydrogen-bond donors (Lipinski definition) is 1. The molecule has 0 radical (unpaired) electrons. The lowest BCUT2D eigenvalue weighted by Gasteiger charge is -2.09. The molecule has 0 aliphatic heterocycles. The summed E-state index contributed by atoms with van der Waals surface area (Å²) in [5.41, 5.74) is 2.31. The SMILES string of the molecule is CNc1ncc(Br)c(Oc2cc(C)cc(C)c2)n1. The Hall–Kier alpha value is -1.62. The maximum Gasteiger partial charge on any atom is 0.238 e. The topological polar surface area (TPSA) is 47.0 Å². The third kappa shape index (κ3) is 2.98. The molecule has 94 valence electrons. The second-order valence-electron chi connectivity index (χ2n) is 4.02. The van der Waals surface area contributed by atoms with E-state index in [0.29, 0.717) is 11.8 Å². The summed E-state index contributed by atoms with van der Waals surface area (Å²) >= 11 is 3.38. The number of benzene rings is 1. The zero-order valence-electron chi connectivity index (χ0n) is 10.5. The monoisotopic (exact) mass is 307 g/mol. The predicted octanol–water partition coefficient (Wildman–Crippen LogP) is 3.69. The van der Waals surface area contributed by atoms with Crippen LogP contribution in [0, 0.1) is 13.8 Å². The largest absolute Gasteiger partial charge is 0.438 e. The Morgan fingerprint density at radius 3 is 2.44 bits per heavy atom. The van der Waals surface area contributed by atoms with E-state index in [4.69, 9.17) is 4.74 Å². The molecule has 1 aromatic carbocycles. The van der Waals surface area contributed by atoms with E-state index in [2.05, 4.69) is 37.3 Å². The Morgan fingerprint density at radius 1 is 1.17 bits per heavy atom. The van der Waals surface area contributed by atoms with Crippen LogP contribution < -0.4 is 10.1 Å². The molecule has 2 aromatic rings. The van der Waals surface area contributed by atoms with Gasteiger partial charge in [0.1, 0.15) is 5.75 Å². The molecule has 0 aliphatic rings. The zero-order chi connectivity index (χ0) is 13.1. The molecule has 0 saturated heterocycles. The molecule has 0 amide bonds. The molecule has 0 spiro atoms. The zero-order valence-corrected chi connectivity index (χ0v) is 12.1. The van der Waals surface area contributed by atoms with Gasteiger partial charge in [-0.15, -0.1) is 0 Å². The molecular formula is C13H14BrN3O. The molecular weight excluding hydrogens is 294 g/mol. The van der Waals surface area contributed by atoms with Crippen LogP contribution in [0.3, 0.4) is 0 Å². The van der Waals surface area contributed by atoms with Gasteiger partial charge in [0.25, 0.3) is 0 Å². The van der Waals surface area contributed by atoms with Crippen molar-refractivity contribution < 1.29 is 4.74 Å². The van der Waals surface area contributed by atoms with Crippen LogP contribution in [0.2, 0.25) is 0 Å². The van der Waals surface area contributed by atoms with Gasteiger partial charge in [0.05, 0.1) is 10.7 Å². The van der Waals surface area contributed by atoms with Crippen molar-refractivity contribution in [2.24, 2.45) is 0 Å². The van der Waals surface area contributed by atoms with Gasteiger partial charge >= 0.3 is 0 Å². The summed E-state index contributed by atoms with van der Waals surface area (Å²) in [4.78, 5) is 8.34. The lowest BCUT2D eigenvalue weighted by molar-refractivity contribution is 0.458. The molecule has 0 bridgehead atoms. The fourth-order valence-corrected chi connectivity index (χ4v) is 1.92. The van der Waals surface area contributed by atoms with E-state index in [-0.39, 0.29) is 0 Å². The first-order valence-corrected chi connectivity index (χ1v) is 6.34. The van der Waals surface area contributed by atoms with E-state index >= 15 is 0 Å². The molecule has 5 heteroatoms. The smallest absolute Gasteiger partial charge is 0.238 e. The van der Waals surface area contributed by atoms with Crippen LogP contribution in [-0.2, 0) is 0 Å². The summed E-state index contributed by atoms with van der Waals surface area (Å²) in [6.07, 6.45) is 1.66. The van der Waals surface area contributed by atoms with Crippen molar-refractivity contribution in [3.05, 3.63) is 40.0 Å². The molecule has 4 nitrogen and oxygen atoms in total. The molecule has 1 N–H and O–H groups in total. The molecule has 0 aliphatic carbocycles. The Labute approximate surface area is 115 Å². The fraction of sp³-hybridized carbons (Fsp3) is 0.231. The van der Waals surface area contributed by atoms with Crippen LogP contribution in [0.4, 0.5) is 5.95 Å². The number of hydrogen-bond acceptors (Lipinski definition) is 4. The number of aryl methyl sites for hydroxylation is 2. The van der Waals surface area contributed by atoms with Crippen LogP contribution in [0.1, 0.15) is 11.1 Å². The first-order valence-electron chi connectivity index (χ1n) is 5.55. The number of aromatic nitrogens is 2. The molecule has 0 fully saturated rings. The quantitative estimate of drug-likeness (QED) is 0.939.